The first-order valence-electron chi connectivity index (χ1n) is 6.66. The van der Waals surface area contributed by atoms with Gasteiger partial charge in [0.1, 0.15) is 12.6 Å². The molecule has 0 spiro atoms. The van der Waals surface area contributed by atoms with Gasteiger partial charge in [0.2, 0.25) is 5.91 Å². The molecule has 0 bridgehead atoms. The van der Waals surface area contributed by atoms with Crippen molar-refractivity contribution in [2.24, 2.45) is 0 Å². The molecule has 1 aromatic carbocycles. The molecule has 1 aromatic rings. The minimum Gasteiger partial charge on any atom is -0.467 e. The lowest BCUT2D eigenvalue weighted by Crippen LogP contribution is -2.43. The van der Waals surface area contributed by atoms with Crippen molar-refractivity contribution in [1.29, 1.82) is 0 Å². The maximum atomic E-state index is 11.7. The third kappa shape index (κ3) is 5.84. The molecule has 0 aliphatic heterocycles. The number of methoxy groups -OCH3 is 1. The Balaban J connectivity index is 2.52. The molecule has 5 heteroatoms. The highest BCUT2D eigenvalue weighted by Crippen LogP contribution is 2.06. The van der Waals surface area contributed by atoms with Gasteiger partial charge in [-0.3, -0.25) is 4.79 Å². The molecule has 110 valence electrons. The molecule has 1 N–H and O–H groups in total. The van der Waals surface area contributed by atoms with E-state index in [2.05, 4.69) is 5.32 Å². The van der Waals surface area contributed by atoms with E-state index in [9.17, 15) is 9.59 Å². The van der Waals surface area contributed by atoms with Crippen LogP contribution in [0.5, 0.6) is 0 Å². The highest BCUT2D eigenvalue weighted by molar-refractivity contribution is 5.85. The zero-order valence-corrected chi connectivity index (χ0v) is 11.9. The summed E-state index contributed by atoms with van der Waals surface area (Å²) in [6, 6.07) is 9.14. The number of amides is 1. The second-order valence-corrected chi connectivity index (χ2v) is 4.30. The number of carbonyl (C=O) groups is 2. The van der Waals surface area contributed by atoms with Crippen molar-refractivity contribution in [3.8, 4) is 0 Å². The van der Waals surface area contributed by atoms with Gasteiger partial charge in [0, 0.05) is 6.61 Å². The Morgan fingerprint density at radius 1 is 1.25 bits per heavy atom. The highest BCUT2D eigenvalue weighted by atomic mass is 16.5. The van der Waals surface area contributed by atoms with Crippen LogP contribution in [0, 0.1) is 0 Å². The minimum absolute atomic E-state index is 0.0463. The lowest BCUT2D eigenvalue weighted by molar-refractivity contribution is -0.145. The van der Waals surface area contributed by atoms with Gasteiger partial charge >= 0.3 is 5.97 Å². The fourth-order valence-corrected chi connectivity index (χ4v) is 1.78. The maximum Gasteiger partial charge on any atom is 0.328 e. The van der Waals surface area contributed by atoms with E-state index in [-0.39, 0.29) is 12.5 Å². The van der Waals surface area contributed by atoms with Crippen LogP contribution in [0.25, 0.3) is 0 Å². The normalized spacial score (nSPS) is 11.7. The summed E-state index contributed by atoms with van der Waals surface area (Å²) in [5.41, 5.74) is 1.11. The summed E-state index contributed by atoms with van der Waals surface area (Å²) in [6.45, 7) is 2.22. The van der Waals surface area contributed by atoms with Crippen LogP contribution in [-0.4, -0.2) is 38.2 Å². The van der Waals surface area contributed by atoms with Gasteiger partial charge in [0.25, 0.3) is 0 Å². The summed E-state index contributed by atoms with van der Waals surface area (Å²) in [5.74, 6) is -0.749. The average Bonchev–Trinajstić information content (AvgIpc) is 2.49. The molecule has 0 fully saturated rings. The number of nitrogens with one attached hydrogen (secondary N) is 1. The molecule has 0 aromatic heterocycles. The van der Waals surface area contributed by atoms with Gasteiger partial charge in [0.05, 0.1) is 7.11 Å². The van der Waals surface area contributed by atoms with E-state index in [1.165, 1.54) is 7.11 Å². The third-order valence-electron chi connectivity index (χ3n) is 2.82. The van der Waals surface area contributed by atoms with Crippen LogP contribution < -0.4 is 5.32 Å². The predicted octanol–water partition coefficient (Wildman–Crippen LogP) is 1.31. The molecule has 20 heavy (non-hydrogen) atoms. The van der Waals surface area contributed by atoms with Crippen molar-refractivity contribution in [2.45, 2.75) is 25.8 Å². The number of aryl methyl sites for hydroxylation is 1. The van der Waals surface area contributed by atoms with Gasteiger partial charge in [-0.15, -0.1) is 0 Å². The molecule has 0 saturated heterocycles. The first-order valence-corrected chi connectivity index (χ1v) is 6.66. The second kappa shape index (κ2) is 9.09. The minimum atomic E-state index is -0.645. The first kappa shape index (κ1) is 16.2. The molecule has 0 heterocycles. The largest absolute Gasteiger partial charge is 0.467 e. The second-order valence-electron chi connectivity index (χ2n) is 4.30. The third-order valence-corrected chi connectivity index (χ3v) is 2.82. The van der Waals surface area contributed by atoms with Gasteiger partial charge in [-0.25, -0.2) is 4.79 Å². The number of benzene rings is 1. The van der Waals surface area contributed by atoms with Crippen LogP contribution in [0.15, 0.2) is 30.3 Å². The van der Waals surface area contributed by atoms with Crippen LogP contribution in [0.2, 0.25) is 0 Å². The van der Waals surface area contributed by atoms with Crippen LogP contribution in [0.1, 0.15) is 18.9 Å². The Morgan fingerprint density at radius 3 is 2.55 bits per heavy atom. The van der Waals surface area contributed by atoms with Gasteiger partial charge < -0.3 is 14.8 Å². The van der Waals surface area contributed by atoms with Crippen molar-refractivity contribution < 1.29 is 19.1 Å². The van der Waals surface area contributed by atoms with Gasteiger partial charge in [-0.1, -0.05) is 30.3 Å². The molecular formula is C15H21NO4. The standard InChI is InChI=1S/C15H21NO4/c1-3-20-11-14(17)16-13(15(18)19-2)10-9-12-7-5-4-6-8-12/h4-8,13H,3,9-11H2,1-2H3,(H,16,17)/t13-/m0/s1. The van der Waals surface area contributed by atoms with Gasteiger partial charge in [-0.05, 0) is 25.3 Å². The number of hydrogen-bond acceptors (Lipinski definition) is 4. The van der Waals surface area contributed by atoms with Crippen molar-refractivity contribution in [2.75, 3.05) is 20.3 Å². The lowest BCUT2D eigenvalue weighted by Gasteiger charge is -2.16. The Labute approximate surface area is 119 Å². The summed E-state index contributed by atoms with van der Waals surface area (Å²) in [6.07, 6.45) is 1.18. The van der Waals surface area contributed by atoms with Crippen molar-refractivity contribution >= 4 is 11.9 Å². The zero-order valence-electron chi connectivity index (χ0n) is 11.9. The number of carbonyl (C=O) groups excluding carboxylic acids is 2. The van der Waals surface area contributed by atoms with Crippen LogP contribution >= 0.6 is 0 Å². The molecule has 0 radical (unpaired) electrons. The molecule has 0 aliphatic rings. The van der Waals surface area contributed by atoms with Crippen LogP contribution in [0.3, 0.4) is 0 Å². The van der Waals surface area contributed by atoms with E-state index in [1.54, 1.807) is 6.92 Å². The Morgan fingerprint density at radius 2 is 1.95 bits per heavy atom. The number of esters is 1. The molecule has 5 nitrogen and oxygen atoms in total. The molecule has 1 atom stereocenters. The monoisotopic (exact) mass is 279 g/mol. The SMILES string of the molecule is CCOCC(=O)N[C@@H](CCc1ccccc1)C(=O)OC. The summed E-state index contributed by atoms with van der Waals surface area (Å²) < 4.78 is 9.72. The molecule has 0 aliphatic carbocycles. The van der Waals surface area contributed by atoms with Gasteiger partial charge in [-0.2, -0.15) is 0 Å². The van der Waals surface area contributed by atoms with E-state index in [0.29, 0.717) is 19.4 Å². The number of hydrogen-bond donors (Lipinski definition) is 1. The Bertz CT molecular complexity index is 419. The van der Waals surface area contributed by atoms with Gasteiger partial charge in [0.15, 0.2) is 0 Å². The zero-order chi connectivity index (χ0) is 14.8. The van der Waals surface area contributed by atoms with E-state index in [0.717, 1.165) is 5.56 Å². The van der Waals surface area contributed by atoms with Crippen molar-refractivity contribution in [3.05, 3.63) is 35.9 Å². The predicted molar refractivity (Wildman–Crippen MR) is 75.2 cm³/mol. The fraction of sp³-hybridized carbons (Fsp3) is 0.467. The maximum absolute atomic E-state index is 11.7. The molecule has 0 saturated carbocycles. The van der Waals surface area contributed by atoms with Crippen LogP contribution in [-0.2, 0) is 25.5 Å². The summed E-state index contributed by atoms with van der Waals surface area (Å²) in [7, 11) is 1.31. The molecule has 0 unspecified atom stereocenters. The molecule has 1 amide bonds. The summed E-state index contributed by atoms with van der Waals surface area (Å²) >= 11 is 0. The molecular weight excluding hydrogens is 258 g/mol. The number of rotatable bonds is 8. The van der Waals surface area contributed by atoms with E-state index < -0.39 is 12.0 Å². The highest BCUT2D eigenvalue weighted by Gasteiger charge is 2.21. The topological polar surface area (TPSA) is 64.6 Å². The summed E-state index contributed by atoms with van der Waals surface area (Å²) in [4.78, 5) is 23.3. The summed E-state index contributed by atoms with van der Waals surface area (Å²) in [5, 5.41) is 2.63. The fourth-order valence-electron chi connectivity index (χ4n) is 1.78. The van der Waals surface area contributed by atoms with E-state index in [1.807, 2.05) is 30.3 Å². The smallest absolute Gasteiger partial charge is 0.328 e. The quantitative estimate of drug-likeness (QED) is 0.729. The van der Waals surface area contributed by atoms with Crippen molar-refractivity contribution in [1.82, 2.24) is 5.32 Å². The van der Waals surface area contributed by atoms with E-state index >= 15 is 0 Å². The Hall–Kier alpha value is -1.88. The number of ether oxygens (including phenoxy) is 2. The van der Waals surface area contributed by atoms with Crippen LogP contribution in [0.4, 0.5) is 0 Å². The average molecular weight is 279 g/mol. The Kier molecular flexibility index (Phi) is 7.35. The lowest BCUT2D eigenvalue weighted by atomic mass is 10.1. The van der Waals surface area contributed by atoms with E-state index in [4.69, 9.17) is 9.47 Å². The first-order chi connectivity index (χ1) is 9.67. The van der Waals surface area contributed by atoms with Crippen molar-refractivity contribution in [3.63, 3.8) is 0 Å². The molecule has 1 rings (SSSR count).